The van der Waals surface area contributed by atoms with Gasteiger partial charge in [-0.25, -0.2) is 13.4 Å². The number of rotatable bonds is 6. The second kappa shape index (κ2) is 8.20. The summed E-state index contributed by atoms with van der Waals surface area (Å²) in [4.78, 5) is 17.9. The minimum atomic E-state index is -3.46. The van der Waals surface area contributed by atoms with Gasteiger partial charge in [0, 0.05) is 18.0 Å². The first-order chi connectivity index (χ1) is 13.5. The van der Waals surface area contributed by atoms with Crippen LogP contribution in [0.4, 0.5) is 5.13 Å². The molecule has 1 aliphatic heterocycles. The van der Waals surface area contributed by atoms with Gasteiger partial charge in [-0.3, -0.25) is 4.79 Å². The van der Waals surface area contributed by atoms with Gasteiger partial charge >= 0.3 is 0 Å². The number of carbonyl (C=O) groups is 1. The van der Waals surface area contributed by atoms with Gasteiger partial charge in [0.1, 0.15) is 0 Å². The van der Waals surface area contributed by atoms with Crippen LogP contribution >= 0.6 is 23.1 Å². The quantitative estimate of drug-likeness (QED) is 0.598. The molecule has 6 nitrogen and oxygen atoms in total. The van der Waals surface area contributed by atoms with Crippen LogP contribution in [0.3, 0.4) is 0 Å². The highest BCUT2D eigenvalue weighted by atomic mass is 32.2. The number of amides is 1. The monoisotopic (exact) mass is 433 g/mol. The Morgan fingerprint density at radius 1 is 1.14 bits per heavy atom. The van der Waals surface area contributed by atoms with Crippen molar-refractivity contribution in [1.29, 1.82) is 0 Å². The van der Waals surface area contributed by atoms with E-state index in [4.69, 9.17) is 0 Å². The summed E-state index contributed by atoms with van der Waals surface area (Å²) in [6.07, 6.45) is 1.80. The van der Waals surface area contributed by atoms with Gasteiger partial charge in [0.15, 0.2) is 5.13 Å². The van der Waals surface area contributed by atoms with Crippen molar-refractivity contribution in [2.45, 2.75) is 22.6 Å². The molecule has 0 radical (unpaired) electrons. The number of thioether (sulfide) groups is 1. The van der Waals surface area contributed by atoms with E-state index in [9.17, 15) is 13.2 Å². The van der Waals surface area contributed by atoms with Crippen LogP contribution < -0.4 is 5.32 Å². The van der Waals surface area contributed by atoms with E-state index in [1.54, 1.807) is 18.2 Å². The molecule has 0 spiro atoms. The van der Waals surface area contributed by atoms with E-state index < -0.39 is 10.0 Å². The predicted molar refractivity (Wildman–Crippen MR) is 113 cm³/mol. The SMILES string of the molecule is O=C(CSc1ccccc1)Nc1nc2ccc(S(=O)(=O)N3CCCC3)cc2s1. The minimum absolute atomic E-state index is 0.141. The van der Waals surface area contributed by atoms with Crippen LogP contribution in [0.1, 0.15) is 12.8 Å². The van der Waals surface area contributed by atoms with Crippen LogP contribution in [0.2, 0.25) is 0 Å². The maximum atomic E-state index is 12.7. The van der Waals surface area contributed by atoms with Gasteiger partial charge in [-0.1, -0.05) is 29.5 Å². The summed E-state index contributed by atoms with van der Waals surface area (Å²) >= 11 is 2.74. The van der Waals surface area contributed by atoms with Gasteiger partial charge in [0.2, 0.25) is 15.9 Å². The molecule has 0 bridgehead atoms. The minimum Gasteiger partial charge on any atom is -0.301 e. The van der Waals surface area contributed by atoms with Crippen molar-refractivity contribution in [2.24, 2.45) is 0 Å². The standard InChI is InChI=1S/C19H19N3O3S3/c23-18(13-26-14-6-2-1-3-7-14)21-19-20-16-9-8-15(12-17(16)27-19)28(24,25)22-10-4-5-11-22/h1-3,6-9,12H,4-5,10-11,13H2,(H,20,21,23). The number of fused-ring (bicyclic) bond motifs is 1. The van der Waals surface area contributed by atoms with Crippen molar-refractivity contribution in [3.63, 3.8) is 0 Å². The molecular weight excluding hydrogens is 414 g/mol. The van der Waals surface area contributed by atoms with E-state index in [2.05, 4.69) is 10.3 Å². The van der Waals surface area contributed by atoms with Crippen LogP contribution in [0.5, 0.6) is 0 Å². The third-order valence-corrected chi connectivity index (χ3v) is 8.26. The van der Waals surface area contributed by atoms with Gasteiger partial charge in [-0.15, -0.1) is 11.8 Å². The first-order valence-electron chi connectivity index (χ1n) is 8.91. The molecule has 0 unspecified atom stereocenters. The zero-order valence-corrected chi connectivity index (χ0v) is 17.4. The largest absolute Gasteiger partial charge is 0.301 e. The van der Waals surface area contributed by atoms with E-state index in [0.29, 0.717) is 23.7 Å². The Balaban J connectivity index is 1.46. The summed E-state index contributed by atoms with van der Waals surface area (Å²) in [6.45, 7) is 1.15. The summed E-state index contributed by atoms with van der Waals surface area (Å²) < 4.78 is 27.7. The molecule has 1 N–H and O–H groups in total. The van der Waals surface area contributed by atoms with Crippen molar-refractivity contribution in [2.75, 3.05) is 24.2 Å². The van der Waals surface area contributed by atoms with E-state index in [-0.39, 0.29) is 16.6 Å². The number of aromatic nitrogens is 1. The molecule has 9 heteroatoms. The summed E-state index contributed by atoms with van der Waals surface area (Å²) in [6, 6.07) is 14.6. The van der Waals surface area contributed by atoms with Crippen molar-refractivity contribution in [3.05, 3.63) is 48.5 Å². The highest BCUT2D eigenvalue weighted by Gasteiger charge is 2.27. The Labute approximate surface area is 172 Å². The molecule has 3 aromatic rings. The van der Waals surface area contributed by atoms with Gasteiger partial charge in [-0.2, -0.15) is 4.31 Å². The molecule has 0 aliphatic carbocycles. The number of carbonyl (C=O) groups excluding carboxylic acids is 1. The number of benzene rings is 2. The van der Waals surface area contributed by atoms with Crippen molar-refractivity contribution in [1.82, 2.24) is 9.29 Å². The highest BCUT2D eigenvalue weighted by molar-refractivity contribution is 8.00. The molecule has 2 heterocycles. The van der Waals surface area contributed by atoms with E-state index in [1.165, 1.54) is 27.4 Å². The molecule has 4 rings (SSSR count). The van der Waals surface area contributed by atoms with Gasteiger partial charge in [0.25, 0.3) is 0 Å². The molecule has 0 saturated carbocycles. The Kier molecular flexibility index (Phi) is 5.68. The fraction of sp³-hybridized carbons (Fsp3) is 0.263. The molecule has 146 valence electrons. The highest BCUT2D eigenvalue weighted by Crippen LogP contribution is 2.30. The normalized spacial score (nSPS) is 15.1. The summed E-state index contributed by atoms with van der Waals surface area (Å²) in [5.41, 5.74) is 0.677. The number of hydrogen-bond donors (Lipinski definition) is 1. The molecule has 1 aliphatic rings. The third kappa shape index (κ3) is 4.22. The molecule has 0 atom stereocenters. The van der Waals surface area contributed by atoms with Crippen molar-refractivity contribution >= 4 is 54.4 Å². The number of hydrogen-bond acceptors (Lipinski definition) is 6. The summed E-state index contributed by atoms with van der Waals surface area (Å²) in [7, 11) is -3.46. The molecule has 2 aromatic carbocycles. The molecule has 1 aromatic heterocycles. The van der Waals surface area contributed by atoms with Crippen LogP contribution in [0.25, 0.3) is 10.2 Å². The van der Waals surface area contributed by atoms with E-state index in [0.717, 1.165) is 22.4 Å². The lowest BCUT2D eigenvalue weighted by Gasteiger charge is -2.15. The van der Waals surface area contributed by atoms with Crippen LogP contribution in [0, 0.1) is 0 Å². The van der Waals surface area contributed by atoms with E-state index >= 15 is 0 Å². The molecular formula is C19H19N3O3S3. The number of sulfonamides is 1. The lowest BCUT2D eigenvalue weighted by molar-refractivity contribution is -0.113. The van der Waals surface area contributed by atoms with Gasteiger partial charge < -0.3 is 5.32 Å². The van der Waals surface area contributed by atoms with Crippen molar-refractivity contribution in [3.8, 4) is 0 Å². The maximum Gasteiger partial charge on any atom is 0.243 e. The Morgan fingerprint density at radius 3 is 2.64 bits per heavy atom. The van der Waals surface area contributed by atoms with Crippen LogP contribution in [-0.4, -0.2) is 42.5 Å². The molecule has 1 fully saturated rings. The number of nitrogens with zero attached hydrogens (tertiary/aromatic N) is 2. The number of nitrogens with one attached hydrogen (secondary N) is 1. The average molecular weight is 434 g/mol. The molecule has 1 amide bonds. The first-order valence-corrected chi connectivity index (χ1v) is 12.1. The average Bonchev–Trinajstić information content (AvgIpc) is 3.36. The second-order valence-corrected chi connectivity index (χ2v) is 10.4. The first kappa shape index (κ1) is 19.4. The van der Waals surface area contributed by atoms with Crippen LogP contribution in [-0.2, 0) is 14.8 Å². The van der Waals surface area contributed by atoms with Gasteiger partial charge in [0.05, 0.1) is 20.9 Å². The topological polar surface area (TPSA) is 79.4 Å². The fourth-order valence-electron chi connectivity index (χ4n) is 3.02. The van der Waals surface area contributed by atoms with Crippen LogP contribution in [0.15, 0.2) is 58.3 Å². The predicted octanol–water partition coefficient (Wildman–Crippen LogP) is 3.81. The Morgan fingerprint density at radius 2 is 1.89 bits per heavy atom. The smallest absolute Gasteiger partial charge is 0.243 e. The zero-order valence-electron chi connectivity index (χ0n) is 15.0. The van der Waals surface area contributed by atoms with Gasteiger partial charge in [-0.05, 0) is 43.2 Å². The number of thiazole rings is 1. The Hall–Kier alpha value is -1.94. The number of anilines is 1. The Bertz CT molecular complexity index is 1090. The fourth-order valence-corrected chi connectivity index (χ4v) is 6.28. The summed E-state index contributed by atoms with van der Waals surface area (Å²) in [5.74, 6) is 0.145. The second-order valence-electron chi connectivity index (χ2n) is 6.41. The third-order valence-electron chi connectivity index (χ3n) is 4.42. The summed E-state index contributed by atoms with van der Waals surface area (Å²) in [5, 5.41) is 3.28. The van der Waals surface area contributed by atoms with Crippen molar-refractivity contribution < 1.29 is 13.2 Å². The van der Waals surface area contributed by atoms with E-state index in [1.807, 2.05) is 30.3 Å². The lowest BCUT2D eigenvalue weighted by Crippen LogP contribution is -2.27. The maximum absolute atomic E-state index is 12.7. The molecule has 28 heavy (non-hydrogen) atoms. The zero-order chi connectivity index (χ0) is 19.6. The lowest BCUT2D eigenvalue weighted by atomic mass is 10.3. The molecule has 1 saturated heterocycles.